The van der Waals surface area contributed by atoms with Crippen molar-refractivity contribution >= 4 is 0 Å². The molecule has 0 radical (unpaired) electrons. The summed E-state index contributed by atoms with van der Waals surface area (Å²) in [5.41, 5.74) is 8.31. The van der Waals surface area contributed by atoms with Crippen molar-refractivity contribution in [2.75, 3.05) is 0 Å². The Bertz CT molecular complexity index is 336. The predicted octanol–water partition coefficient (Wildman–Crippen LogP) is 3.44. The normalized spacial score (nSPS) is 14.8. The summed E-state index contributed by atoms with van der Waals surface area (Å²) in [5.74, 6) is 0.353. The first-order valence-electron chi connectivity index (χ1n) is 6.05. The maximum atomic E-state index is 12.9. The van der Waals surface area contributed by atoms with Gasteiger partial charge < -0.3 is 5.73 Å². The molecule has 1 nitrogen and oxygen atoms in total. The lowest BCUT2D eigenvalue weighted by molar-refractivity contribution is 0.419. The molecule has 2 atom stereocenters. The van der Waals surface area contributed by atoms with Gasteiger partial charge in [-0.2, -0.15) is 0 Å². The second kappa shape index (κ2) is 6.00. The highest BCUT2D eigenvalue weighted by Crippen LogP contribution is 2.17. The fourth-order valence-electron chi connectivity index (χ4n) is 2.01. The number of rotatable bonds is 5. The third-order valence-corrected chi connectivity index (χ3v) is 3.24. The van der Waals surface area contributed by atoms with Gasteiger partial charge in [0.1, 0.15) is 5.82 Å². The van der Waals surface area contributed by atoms with Crippen LogP contribution in [-0.4, -0.2) is 6.04 Å². The summed E-state index contributed by atoms with van der Waals surface area (Å²) in [7, 11) is 0. The van der Waals surface area contributed by atoms with Gasteiger partial charge >= 0.3 is 0 Å². The third kappa shape index (κ3) is 3.60. The van der Waals surface area contributed by atoms with Crippen LogP contribution >= 0.6 is 0 Å². The topological polar surface area (TPSA) is 26.0 Å². The lowest BCUT2D eigenvalue weighted by Gasteiger charge is -2.20. The molecule has 16 heavy (non-hydrogen) atoms. The van der Waals surface area contributed by atoms with Crippen molar-refractivity contribution in [1.82, 2.24) is 0 Å². The largest absolute Gasteiger partial charge is 0.327 e. The second-order valence-corrected chi connectivity index (χ2v) is 4.70. The molecule has 0 saturated carbocycles. The highest BCUT2D eigenvalue weighted by atomic mass is 19.1. The quantitative estimate of drug-likeness (QED) is 0.813. The van der Waals surface area contributed by atoms with Crippen molar-refractivity contribution in [1.29, 1.82) is 0 Å². The number of hydrogen-bond acceptors (Lipinski definition) is 1. The molecule has 1 aromatic rings. The molecule has 2 N–H and O–H groups in total. The maximum Gasteiger partial charge on any atom is 0.123 e. The average Bonchev–Trinajstić information content (AvgIpc) is 2.22. The van der Waals surface area contributed by atoms with Crippen LogP contribution in [0.25, 0.3) is 0 Å². The summed E-state index contributed by atoms with van der Waals surface area (Å²) in [6.07, 6.45) is 3.16. The Balaban J connectivity index is 2.65. The fourth-order valence-corrected chi connectivity index (χ4v) is 2.01. The molecule has 1 aromatic carbocycles. The summed E-state index contributed by atoms with van der Waals surface area (Å²) >= 11 is 0. The van der Waals surface area contributed by atoms with Crippen molar-refractivity contribution in [2.45, 2.75) is 46.1 Å². The van der Waals surface area contributed by atoms with Crippen LogP contribution in [0.15, 0.2) is 18.2 Å². The van der Waals surface area contributed by atoms with Gasteiger partial charge in [-0.15, -0.1) is 0 Å². The van der Waals surface area contributed by atoms with Crippen molar-refractivity contribution in [3.8, 4) is 0 Å². The van der Waals surface area contributed by atoms with Gasteiger partial charge in [0.2, 0.25) is 0 Å². The van der Waals surface area contributed by atoms with E-state index < -0.39 is 0 Å². The van der Waals surface area contributed by atoms with Crippen molar-refractivity contribution in [3.63, 3.8) is 0 Å². The van der Waals surface area contributed by atoms with Crippen LogP contribution in [0, 0.1) is 18.7 Å². The lowest BCUT2D eigenvalue weighted by atomic mass is 9.91. The molecule has 0 aliphatic heterocycles. The Labute approximate surface area is 97.9 Å². The summed E-state index contributed by atoms with van der Waals surface area (Å²) in [6.45, 7) is 6.30. The smallest absolute Gasteiger partial charge is 0.123 e. The molecule has 0 spiro atoms. The summed E-state index contributed by atoms with van der Waals surface area (Å²) in [4.78, 5) is 0. The van der Waals surface area contributed by atoms with Gasteiger partial charge in [-0.25, -0.2) is 4.39 Å². The van der Waals surface area contributed by atoms with Crippen LogP contribution in [0.4, 0.5) is 4.39 Å². The van der Waals surface area contributed by atoms with E-state index in [0.717, 1.165) is 30.4 Å². The molecule has 1 rings (SSSR count). The van der Waals surface area contributed by atoms with Crippen LogP contribution in [-0.2, 0) is 6.42 Å². The summed E-state index contributed by atoms with van der Waals surface area (Å²) in [5, 5.41) is 0. The standard InChI is InChI=1S/C14H22FN/c1-4-5-10(2)14(16)9-12-6-7-13(15)8-11(12)3/h6-8,10,14H,4-5,9,16H2,1-3H3. The molecule has 0 aromatic heterocycles. The highest BCUT2D eigenvalue weighted by Gasteiger charge is 2.13. The minimum absolute atomic E-state index is 0.170. The zero-order valence-corrected chi connectivity index (χ0v) is 10.5. The Morgan fingerprint density at radius 1 is 1.38 bits per heavy atom. The van der Waals surface area contributed by atoms with Crippen LogP contribution in [0.1, 0.15) is 37.8 Å². The second-order valence-electron chi connectivity index (χ2n) is 4.70. The van der Waals surface area contributed by atoms with E-state index in [0.29, 0.717) is 5.92 Å². The van der Waals surface area contributed by atoms with E-state index >= 15 is 0 Å². The van der Waals surface area contributed by atoms with E-state index in [1.165, 1.54) is 6.07 Å². The Morgan fingerprint density at radius 3 is 2.62 bits per heavy atom. The van der Waals surface area contributed by atoms with E-state index in [1.807, 2.05) is 13.0 Å². The number of hydrogen-bond donors (Lipinski definition) is 1. The van der Waals surface area contributed by atoms with Crippen LogP contribution < -0.4 is 5.73 Å². The van der Waals surface area contributed by atoms with Gasteiger partial charge in [-0.3, -0.25) is 0 Å². The minimum atomic E-state index is -0.170. The molecule has 2 unspecified atom stereocenters. The van der Waals surface area contributed by atoms with Crippen LogP contribution in [0.2, 0.25) is 0 Å². The molecule has 0 heterocycles. The van der Waals surface area contributed by atoms with E-state index in [1.54, 1.807) is 6.07 Å². The molecule has 0 aliphatic rings. The van der Waals surface area contributed by atoms with Crippen molar-refractivity contribution < 1.29 is 4.39 Å². The monoisotopic (exact) mass is 223 g/mol. The molecular weight excluding hydrogens is 201 g/mol. The van der Waals surface area contributed by atoms with Crippen LogP contribution in [0.3, 0.4) is 0 Å². The average molecular weight is 223 g/mol. The van der Waals surface area contributed by atoms with E-state index in [2.05, 4.69) is 13.8 Å². The first kappa shape index (κ1) is 13.2. The number of aryl methyl sites for hydroxylation is 1. The Kier molecular flexibility index (Phi) is 4.94. The van der Waals surface area contributed by atoms with Gasteiger partial charge in [-0.1, -0.05) is 26.3 Å². The predicted molar refractivity (Wildman–Crippen MR) is 66.9 cm³/mol. The maximum absolute atomic E-state index is 12.9. The molecule has 0 bridgehead atoms. The molecule has 0 saturated heterocycles. The molecule has 0 fully saturated rings. The van der Waals surface area contributed by atoms with Gasteiger partial charge in [0.15, 0.2) is 0 Å². The Morgan fingerprint density at radius 2 is 2.06 bits per heavy atom. The van der Waals surface area contributed by atoms with Gasteiger partial charge in [0, 0.05) is 6.04 Å². The zero-order chi connectivity index (χ0) is 12.1. The minimum Gasteiger partial charge on any atom is -0.327 e. The molecular formula is C14H22FN. The number of nitrogens with two attached hydrogens (primary N) is 1. The fraction of sp³-hybridized carbons (Fsp3) is 0.571. The zero-order valence-electron chi connectivity index (χ0n) is 10.5. The number of halogens is 1. The highest BCUT2D eigenvalue weighted by molar-refractivity contribution is 5.27. The SMILES string of the molecule is CCCC(C)C(N)Cc1ccc(F)cc1C. The van der Waals surface area contributed by atoms with E-state index in [4.69, 9.17) is 5.73 Å². The van der Waals surface area contributed by atoms with Gasteiger partial charge in [-0.05, 0) is 48.9 Å². The van der Waals surface area contributed by atoms with Gasteiger partial charge in [0.25, 0.3) is 0 Å². The van der Waals surface area contributed by atoms with E-state index in [9.17, 15) is 4.39 Å². The van der Waals surface area contributed by atoms with Gasteiger partial charge in [0.05, 0.1) is 0 Å². The summed E-state index contributed by atoms with van der Waals surface area (Å²) < 4.78 is 12.9. The van der Waals surface area contributed by atoms with Crippen LogP contribution in [0.5, 0.6) is 0 Å². The lowest BCUT2D eigenvalue weighted by Crippen LogP contribution is -2.30. The number of benzene rings is 1. The third-order valence-electron chi connectivity index (χ3n) is 3.24. The van der Waals surface area contributed by atoms with Crippen molar-refractivity contribution in [3.05, 3.63) is 35.1 Å². The molecule has 0 amide bonds. The first-order valence-corrected chi connectivity index (χ1v) is 6.05. The summed E-state index contributed by atoms with van der Waals surface area (Å²) in [6, 6.07) is 5.11. The van der Waals surface area contributed by atoms with E-state index in [-0.39, 0.29) is 11.9 Å². The Hall–Kier alpha value is -0.890. The van der Waals surface area contributed by atoms with Crippen molar-refractivity contribution in [2.24, 2.45) is 11.7 Å². The first-order chi connectivity index (χ1) is 7.54. The molecule has 0 aliphatic carbocycles. The molecule has 90 valence electrons. The molecule has 2 heteroatoms.